The molecule has 0 aliphatic carbocycles. The Morgan fingerprint density at radius 2 is 1.61 bits per heavy atom. The number of rotatable bonds is 11. The SMILES string of the molecule is C=C(C[N+](C)(C)CCCC)OCCCCCC.[Cl-]. The molecular formula is C15H32ClNO. The van der Waals surface area contributed by atoms with Crippen molar-refractivity contribution in [3.8, 4) is 0 Å². The molecule has 110 valence electrons. The van der Waals surface area contributed by atoms with E-state index in [-0.39, 0.29) is 12.4 Å². The maximum absolute atomic E-state index is 5.69. The van der Waals surface area contributed by atoms with Gasteiger partial charge in [-0.2, -0.15) is 0 Å². The molecule has 0 aliphatic heterocycles. The van der Waals surface area contributed by atoms with E-state index in [1.807, 2.05) is 0 Å². The fourth-order valence-electron chi connectivity index (χ4n) is 1.93. The molecule has 0 aromatic rings. The average molecular weight is 278 g/mol. The second-order valence-electron chi connectivity index (χ2n) is 5.62. The summed E-state index contributed by atoms with van der Waals surface area (Å²) in [6.45, 7) is 11.5. The van der Waals surface area contributed by atoms with Gasteiger partial charge in [0.2, 0.25) is 0 Å². The Kier molecular flexibility index (Phi) is 13.2. The summed E-state index contributed by atoms with van der Waals surface area (Å²) in [7, 11) is 4.50. The summed E-state index contributed by atoms with van der Waals surface area (Å²) < 4.78 is 6.68. The normalized spacial score (nSPS) is 10.9. The highest BCUT2D eigenvalue weighted by molar-refractivity contribution is 4.81. The standard InChI is InChI=1S/C15H32NO.ClH/c1-6-8-10-11-13-17-15(3)14-16(4,5)12-9-7-2;/h3,6-14H2,1-2,4-5H3;1H/q+1;/p-1. The van der Waals surface area contributed by atoms with Crippen molar-refractivity contribution in [1.82, 2.24) is 0 Å². The molecule has 0 fully saturated rings. The summed E-state index contributed by atoms with van der Waals surface area (Å²) in [6.07, 6.45) is 7.56. The summed E-state index contributed by atoms with van der Waals surface area (Å²) in [5.41, 5.74) is 0. The van der Waals surface area contributed by atoms with Gasteiger partial charge in [0, 0.05) is 0 Å². The van der Waals surface area contributed by atoms with Crippen LogP contribution in [0.5, 0.6) is 0 Å². The van der Waals surface area contributed by atoms with E-state index in [1.54, 1.807) is 0 Å². The lowest BCUT2D eigenvalue weighted by atomic mass is 10.2. The lowest BCUT2D eigenvalue weighted by Gasteiger charge is -2.30. The molecule has 0 aromatic heterocycles. The second kappa shape index (κ2) is 11.9. The summed E-state index contributed by atoms with van der Waals surface area (Å²) in [5.74, 6) is 0.947. The smallest absolute Gasteiger partial charge is 0.143 e. The number of hydrogen-bond donors (Lipinski definition) is 0. The first kappa shape index (κ1) is 20.1. The van der Waals surface area contributed by atoms with Gasteiger partial charge in [-0.25, -0.2) is 0 Å². The predicted octanol–water partition coefficient (Wildman–Crippen LogP) is 0.978. The third-order valence-corrected chi connectivity index (χ3v) is 3.03. The van der Waals surface area contributed by atoms with Crippen LogP contribution in [0.15, 0.2) is 12.3 Å². The molecule has 0 saturated carbocycles. The molecule has 18 heavy (non-hydrogen) atoms. The van der Waals surface area contributed by atoms with Crippen LogP contribution in [0, 0.1) is 0 Å². The maximum atomic E-state index is 5.69. The van der Waals surface area contributed by atoms with E-state index in [0.29, 0.717) is 0 Å². The van der Waals surface area contributed by atoms with Crippen molar-refractivity contribution < 1.29 is 21.6 Å². The van der Waals surface area contributed by atoms with Crippen molar-refractivity contribution in [2.75, 3.05) is 33.8 Å². The number of halogens is 1. The summed E-state index contributed by atoms with van der Waals surface area (Å²) in [6, 6.07) is 0. The fourth-order valence-corrected chi connectivity index (χ4v) is 1.93. The molecule has 0 saturated heterocycles. The molecule has 0 atom stereocenters. The van der Waals surface area contributed by atoms with Crippen LogP contribution in [0.4, 0.5) is 0 Å². The average Bonchev–Trinajstić information content (AvgIpc) is 2.25. The molecule has 0 spiro atoms. The van der Waals surface area contributed by atoms with Gasteiger partial charge in [0.25, 0.3) is 0 Å². The van der Waals surface area contributed by atoms with Gasteiger partial charge < -0.3 is 21.6 Å². The minimum atomic E-state index is 0. The van der Waals surface area contributed by atoms with Crippen LogP contribution in [-0.4, -0.2) is 38.3 Å². The molecule has 2 nitrogen and oxygen atoms in total. The molecule has 0 N–H and O–H groups in total. The van der Waals surface area contributed by atoms with Gasteiger partial charge in [0.1, 0.15) is 12.3 Å². The summed E-state index contributed by atoms with van der Waals surface area (Å²) >= 11 is 0. The third-order valence-electron chi connectivity index (χ3n) is 3.03. The van der Waals surface area contributed by atoms with Crippen LogP contribution in [0.2, 0.25) is 0 Å². The topological polar surface area (TPSA) is 9.23 Å². The zero-order valence-electron chi connectivity index (χ0n) is 12.8. The number of quaternary nitrogens is 1. The largest absolute Gasteiger partial charge is 1.00 e. The number of ether oxygens (including phenoxy) is 1. The number of unbranched alkanes of at least 4 members (excludes halogenated alkanes) is 4. The molecule has 0 bridgehead atoms. The van der Waals surface area contributed by atoms with Crippen molar-refractivity contribution in [1.29, 1.82) is 0 Å². The van der Waals surface area contributed by atoms with E-state index in [1.165, 1.54) is 38.6 Å². The summed E-state index contributed by atoms with van der Waals surface area (Å²) in [4.78, 5) is 0. The van der Waals surface area contributed by atoms with E-state index >= 15 is 0 Å². The Bertz CT molecular complexity index is 205. The lowest BCUT2D eigenvalue weighted by molar-refractivity contribution is -0.887. The van der Waals surface area contributed by atoms with E-state index in [4.69, 9.17) is 4.74 Å². The van der Waals surface area contributed by atoms with Crippen molar-refractivity contribution in [2.24, 2.45) is 0 Å². The third kappa shape index (κ3) is 12.3. The lowest BCUT2D eigenvalue weighted by Crippen LogP contribution is -3.00. The van der Waals surface area contributed by atoms with E-state index in [0.717, 1.165) is 29.8 Å². The predicted molar refractivity (Wildman–Crippen MR) is 76.0 cm³/mol. The molecule has 0 heterocycles. The quantitative estimate of drug-likeness (QED) is 0.311. The maximum Gasteiger partial charge on any atom is 0.143 e. The fraction of sp³-hybridized carbons (Fsp3) is 0.867. The minimum Gasteiger partial charge on any atom is -1.00 e. The molecular weight excluding hydrogens is 246 g/mol. The molecule has 0 aromatic carbocycles. The highest BCUT2D eigenvalue weighted by Gasteiger charge is 2.16. The van der Waals surface area contributed by atoms with Gasteiger partial charge in [0.05, 0.1) is 27.2 Å². The zero-order valence-corrected chi connectivity index (χ0v) is 13.6. The van der Waals surface area contributed by atoms with E-state index < -0.39 is 0 Å². The summed E-state index contributed by atoms with van der Waals surface area (Å²) in [5, 5.41) is 0. The van der Waals surface area contributed by atoms with Gasteiger partial charge in [0.15, 0.2) is 0 Å². The van der Waals surface area contributed by atoms with Gasteiger partial charge >= 0.3 is 0 Å². The van der Waals surface area contributed by atoms with Gasteiger partial charge in [-0.1, -0.05) is 46.1 Å². The zero-order chi connectivity index (χ0) is 13.1. The second-order valence-corrected chi connectivity index (χ2v) is 5.62. The van der Waals surface area contributed by atoms with Crippen molar-refractivity contribution >= 4 is 0 Å². The first-order valence-electron chi connectivity index (χ1n) is 7.14. The molecule has 3 heteroatoms. The van der Waals surface area contributed by atoms with Crippen LogP contribution in [-0.2, 0) is 4.74 Å². The van der Waals surface area contributed by atoms with Crippen LogP contribution < -0.4 is 12.4 Å². The molecule has 0 unspecified atom stereocenters. The molecule has 0 radical (unpaired) electrons. The Morgan fingerprint density at radius 3 is 2.17 bits per heavy atom. The van der Waals surface area contributed by atoms with Gasteiger partial charge in [-0.05, 0) is 12.8 Å². The van der Waals surface area contributed by atoms with Gasteiger partial charge in [-0.15, -0.1) is 0 Å². The van der Waals surface area contributed by atoms with Crippen molar-refractivity contribution in [2.45, 2.75) is 52.4 Å². The molecule has 0 rings (SSSR count). The monoisotopic (exact) mass is 277 g/mol. The number of hydrogen-bond acceptors (Lipinski definition) is 1. The highest BCUT2D eigenvalue weighted by atomic mass is 35.5. The molecule has 0 amide bonds. The Hall–Kier alpha value is -0.210. The Morgan fingerprint density at radius 1 is 1.00 bits per heavy atom. The molecule has 0 aliphatic rings. The van der Waals surface area contributed by atoms with Crippen LogP contribution >= 0.6 is 0 Å². The number of likely N-dealkylation sites (N-methyl/N-ethyl adjacent to an activating group) is 1. The van der Waals surface area contributed by atoms with Crippen molar-refractivity contribution in [3.63, 3.8) is 0 Å². The highest BCUT2D eigenvalue weighted by Crippen LogP contribution is 2.08. The minimum absolute atomic E-state index is 0. The Balaban J connectivity index is 0. The van der Waals surface area contributed by atoms with Gasteiger partial charge in [-0.3, -0.25) is 0 Å². The number of nitrogens with zero attached hydrogens (tertiary/aromatic N) is 1. The van der Waals surface area contributed by atoms with Crippen LogP contribution in [0.1, 0.15) is 52.4 Å². The van der Waals surface area contributed by atoms with E-state index in [9.17, 15) is 0 Å². The van der Waals surface area contributed by atoms with E-state index in [2.05, 4.69) is 34.5 Å². The first-order valence-corrected chi connectivity index (χ1v) is 7.14. The van der Waals surface area contributed by atoms with Crippen molar-refractivity contribution in [3.05, 3.63) is 12.3 Å². The van der Waals surface area contributed by atoms with Crippen LogP contribution in [0.25, 0.3) is 0 Å². The Labute approximate surface area is 120 Å². The van der Waals surface area contributed by atoms with Crippen LogP contribution in [0.3, 0.4) is 0 Å². The first-order chi connectivity index (χ1) is 8.02.